The van der Waals surface area contributed by atoms with Crippen LogP contribution in [-0.4, -0.2) is 113 Å². The molecule has 2 N–H and O–H groups in total. The first-order valence-electron chi connectivity index (χ1n) is 16.8. The van der Waals surface area contributed by atoms with Gasteiger partial charge in [-0.1, -0.05) is 12.1 Å². The maximum atomic E-state index is 13.3. The zero-order chi connectivity index (χ0) is 35.1. The number of nitrogens with zero attached hydrogens (tertiary/aromatic N) is 3. The molecule has 3 aliphatic rings. The van der Waals surface area contributed by atoms with Crippen LogP contribution in [0.5, 0.6) is 11.5 Å². The number of alkyl carbamates (subject to hydrolysis) is 1. The highest BCUT2D eigenvalue weighted by atomic mass is 32.2. The first-order valence-corrected chi connectivity index (χ1v) is 17.9. The number of benzene rings is 2. The van der Waals surface area contributed by atoms with Crippen molar-refractivity contribution in [3.05, 3.63) is 53.6 Å². The molecule has 2 saturated heterocycles. The summed E-state index contributed by atoms with van der Waals surface area (Å²) in [6, 6.07) is 12.0. The Labute approximate surface area is 290 Å². The standard InChI is InChI=1S/C35H47N5O8S/c1-35(2,3)48-34(44)37-24-13-15-39(16-14-24)49(45)27-9-5-8-25(20-27)47-26-21-38(22-26)17-19-46-31-12-6-10-28-29(31)23-40(33(28)43)30(11-7-18-41)32(42)36-4/h5-6,8-10,12,18,20,24,26,30H,7,11,13-17,19,21-23H2,1-4H3,(H,36,42)(H,37,44). The molecular formula is C35H47N5O8S. The van der Waals surface area contributed by atoms with Crippen molar-refractivity contribution in [3.63, 3.8) is 0 Å². The number of likely N-dealkylation sites (N-methyl/N-ethyl adjacent to an activating group) is 1. The van der Waals surface area contributed by atoms with Gasteiger partial charge in [-0.25, -0.2) is 13.3 Å². The SMILES string of the molecule is CNC(=O)C(CCC=O)N1Cc2c(OCCN3CC(Oc4cccc(S(=O)N5CCC(NC(=O)OC(C)(C)C)CC5)c4)C3)cccc2C1=O. The molecule has 0 aromatic heterocycles. The molecule has 2 fully saturated rings. The van der Waals surface area contributed by atoms with E-state index in [0.29, 0.717) is 61.0 Å². The zero-order valence-corrected chi connectivity index (χ0v) is 29.5. The molecule has 2 unspecified atom stereocenters. The summed E-state index contributed by atoms with van der Waals surface area (Å²) >= 11 is 0. The lowest BCUT2D eigenvalue weighted by Crippen LogP contribution is -2.54. The van der Waals surface area contributed by atoms with Crippen LogP contribution in [0.25, 0.3) is 0 Å². The van der Waals surface area contributed by atoms with Gasteiger partial charge in [0.05, 0.1) is 11.4 Å². The molecule has 3 aliphatic heterocycles. The molecule has 266 valence electrons. The van der Waals surface area contributed by atoms with Crippen LogP contribution in [0.1, 0.15) is 62.4 Å². The number of ether oxygens (including phenoxy) is 3. The molecule has 49 heavy (non-hydrogen) atoms. The summed E-state index contributed by atoms with van der Waals surface area (Å²) < 4.78 is 32.9. The normalized spacial score (nSPS) is 18.6. The van der Waals surface area contributed by atoms with Crippen molar-refractivity contribution in [3.8, 4) is 11.5 Å². The van der Waals surface area contributed by atoms with Gasteiger partial charge >= 0.3 is 6.09 Å². The quantitative estimate of drug-likeness (QED) is 0.285. The van der Waals surface area contributed by atoms with Gasteiger partial charge in [0.15, 0.2) is 0 Å². The summed E-state index contributed by atoms with van der Waals surface area (Å²) in [6.45, 7) is 9.45. The summed E-state index contributed by atoms with van der Waals surface area (Å²) in [6.07, 6.45) is 2.15. The number of likely N-dealkylation sites (tertiary alicyclic amines) is 1. The Morgan fingerprint density at radius 3 is 2.53 bits per heavy atom. The van der Waals surface area contributed by atoms with E-state index >= 15 is 0 Å². The zero-order valence-electron chi connectivity index (χ0n) is 28.6. The number of piperidine rings is 1. The van der Waals surface area contributed by atoms with Gasteiger partial charge < -0.3 is 34.5 Å². The molecule has 2 aromatic carbocycles. The van der Waals surface area contributed by atoms with Crippen LogP contribution in [-0.2, 0) is 31.9 Å². The lowest BCUT2D eigenvalue weighted by Gasteiger charge is -2.39. The van der Waals surface area contributed by atoms with E-state index < -0.39 is 28.7 Å². The van der Waals surface area contributed by atoms with Gasteiger partial charge in [0, 0.05) is 63.4 Å². The fourth-order valence-corrected chi connectivity index (χ4v) is 7.49. The predicted molar refractivity (Wildman–Crippen MR) is 183 cm³/mol. The van der Waals surface area contributed by atoms with E-state index in [-0.39, 0.29) is 43.3 Å². The fourth-order valence-electron chi connectivity index (χ4n) is 6.24. The van der Waals surface area contributed by atoms with E-state index in [1.165, 1.54) is 11.9 Å². The van der Waals surface area contributed by atoms with Crippen LogP contribution < -0.4 is 20.1 Å². The van der Waals surface area contributed by atoms with E-state index in [9.17, 15) is 23.4 Å². The molecule has 0 bridgehead atoms. The average Bonchev–Trinajstić information content (AvgIpc) is 3.39. The number of amides is 3. The first kappa shape index (κ1) is 36.3. The van der Waals surface area contributed by atoms with Crippen molar-refractivity contribution < 1.29 is 37.6 Å². The number of carbonyl (C=O) groups excluding carboxylic acids is 4. The largest absolute Gasteiger partial charge is 0.492 e. The third-order valence-corrected chi connectivity index (χ3v) is 10.2. The van der Waals surface area contributed by atoms with Crippen molar-refractivity contribution in [2.45, 2.75) is 81.7 Å². The topological polar surface area (TPSA) is 147 Å². The Morgan fingerprint density at radius 2 is 1.84 bits per heavy atom. The number of hydrogen-bond donors (Lipinski definition) is 2. The van der Waals surface area contributed by atoms with Crippen LogP contribution in [0.15, 0.2) is 47.4 Å². The monoisotopic (exact) mass is 697 g/mol. The van der Waals surface area contributed by atoms with Crippen molar-refractivity contribution in [1.29, 1.82) is 0 Å². The summed E-state index contributed by atoms with van der Waals surface area (Å²) in [7, 11) is 0.179. The highest BCUT2D eigenvalue weighted by Gasteiger charge is 2.37. The highest BCUT2D eigenvalue weighted by Crippen LogP contribution is 2.33. The van der Waals surface area contributed by atoms with Crippen LogP contribution in [0.2, 0.25) is 0 Å². The molecule has 13 nitrogen and oxygen atoms in total. The van der Waals surface area contributed by atoms with Crippen molar-refractivity contribution in [1.82, 2.24) is 24.7 Å². The third kappa shape index (κ3) is 9.37. The predicted octanol–water partition coefficient (Wildman–Crippen LogP) is 2.89. The van der Waals surface area contributed by atoms with Gasteiger partial charge in [-0.2, -0.15) is 0 Å². The molecule has 3 amide bonds. The Hall–Kier alpha value is -4.01. The van der Waals surface area contributed by atoms with E-state index in [4.69, 9.17) is 14.2 Å². The molecule has 0 radical (unpaired) electrons. The Balaban J connectivity index is 1.05. The second-order valence-electron chi connectivity index (χ2n) is 13.5. The van der Waals surface area contributed by atoms with Crippen LogP contribution in [0, 0.1) is 0 Å². The Kier molecular flexibility index (Phi) is 11.9. The highest BCUT2D eigenvalue weighted by molar-refractivity contribution is 7.82. The number of rotatable bonds is 14. The molecule has 5 rings (SSSR count). The van der Waals surface area contributed by atoms with E-state index in [0.717, 1.165) is 24.9 Å². The number of carbonyl (C=O) groups is 4. The Bertz CT molecular complexity index is 1530. The van der Waals surface area contributed by atoms with E-state index in [1.54, 1.807) is 12.1 Å². The third-order valence-electron chi connectivity index (χ3n) is 8.74. The first-order chi connectivity index (χ1) is 23.5. The second kappa shape index (κ2) is 16.1. The smallest absolute Gasteiger partial charge is 0.407 e. The molecular weight excluding hydrogens is 650 g/mol. The van der Waals surface area contributed by atoms with Crippen molar-refractivity contribution in [2.75, 3.05) is 46.4 Å². The maximum absolute atomic E-state index is 13.3. The van der Waals surface area contributed by atoms with Gasteiger partial charge in [-0.15, -0.1) is 0 Å². The second-order valence-corrected chi connectivity index (χ2v) is 15.0. The van der Waals surface area contributed by atoms with Crippen LogP contribution >= 0.6 is 0 Å². The van der Waals surface area contributed by atoms with Crippen LogP contribution in [0.4, 0.5) is 4.79 Å². The van der Waals surface area contributed by atoms with Gasteiger partial charge in [0.2, 0.25) is 5.91 Å². The number of nitrogens with one attached hydrogen (secondary N) is 2. The Morgan fingerprint density at radius 1 is 1.10 bits per heavy atom. The summed E-state index contributed by atoms with van der Waals surface area (Å²) in [5, 5.41) is 5.51. The number of hydrogen-bond acceptors (Lipinski definition) is 9. The molecule has 0 aliphatic carbocycles. The van der Waals surface area contributed by atoms with E-state index in [2.05, 4.69) is 15.5 Å². The van der Waals surface area contributed by atoms with Gasteiger partial charge in [-0.3, -0.25) is 14.5 Å². The minimum Gasteiger partial charge on any atom is -0.492 e. The van der Waals surface area contributed by atoms with Gasteiger partial charge in [0.25, 0.3) is 5.91 Å². The minimum absolute atomic E-state index is 0.00137. The molecule has 2 aromatic rings. The summed E-state index contributed by atoms with van der Waals surface area (Å²) in [5.74, 6) is 0.741. The lowest BCUT2D eigenvalue weighted by atomic mass is 10.1. The molecule has 2 atom stereocenters. The molecule has 14 heteroatoms. The fraction of sp³-hybridized carbons (Fsp3) is 0.543. The van der Waals surface area contributed by atoms with Crippen molar-refractivity contribution in [2.24, 2.45) is 0 Å². The minimum atomic E-state index is -1.34. The summed E-state index contributed by atoms with van der Waals surface area (Å²) in [4.78, 5) is 53.1. The van der Waals surface area contributed by atoms with Gasteiger partial charge in [0.1, 0.15) is 53.1 Å². The van der Waals surface area contributed by atoms with E-state index in [1.807, 2.05) is 55.4 Å². The molecule has 0 saturated carbocycles. The maximum Gasteiger partial charge on any atom is 0.407 e. The number of aldehydes is 1. The molecule has 0 spiro atoms. The van der Waals surface area contributed by atoms with Crippen LogP contribution in [0.3, 0.4) is 0 Å². The summed E-state index contributed by atoms with van der Waals surface area (Å²) in [5.41, 5.74) is 0.706. The molecule has 3 heterocycles. The number of fused-ring (bicyclic) bond motifs is 1. The lowest BCUT2D eigenvalue weighted by molar-refractivity contribution is -0.125. The van der Waals surface area contributed by atoms with Crippen molar-refractivity contribution >= 4 is 35.2 Å². The average molecular weight is 698 g/mol. The van der Waals surface area contributed by atoms with Gasteiger partial charge in [-0.05, 0) is 70.4 Å².